The minimum absolute atomic E-state index is 0.0259. The van der Waals surface area contributed by atoms with Crippen LogP contribution in [0.15, 0.2) is 35.7 Å². The lowest BCUT2D eigenvalue weighted by Crippen LogP contribution is -2.30. The second-order valence-electron chi connectivity index (χ2n) is 3.90. The quantitative estimate of drug-likeness (QED) is 0.847. The molecule has 0 fully saturated rings. The van der Waals surface area contributed by atoms with Crippen LogP contribution in [0.5, 0.6) is 0 Å². The largest absolute Gasteiger partial charge is 0.418 e. The number of benzene rings is 1. The molecule has 2 rings (SSSR count). The Kier molecular flexibility index (Phi) is 2.94. The van der Waals surface area contributed by atoms with E-state index in [0.717, 1.165) is 17.0 Å². The van der Waals surface area contributed by atoms with Gasteiger partial charge in [0.1, 0.15) is 5.82 Å². The average molecular weight is 267 g/mol. The van der Waals surface area contributed by atoms with Crippen LogP contribution in [-0.2, 0) is 11.0 Å². The zero-order valence-corrected chi connectivity index (χ0v) is 9.53. The van der Waals surface area contributed by atoms with Crippen LogP contribution < -0.4 is 10.6 Å². The molecule has 0 unspecified atom stereocenters. The van der Waals surface area contributed by atoms with E-state index < -0.39 is 17.6 Å². The monoisotopic (exact) mass is 267 g/mol. The maximum Gasteiger partial charge on any atom is 0.418 e. The fraction of sp³-hybridized carbons (Fsp3) is 0.167. The van der Waals surface area contributed by atoms with Crippen LogP contribution in [0, 0.1) is 11.3 Å². The van der Waals surface area contributed by atoms with Crippen molar-refractivity contribution in [3.05, 3.63) is 41.2 Å². The fourth-order valence-corrected chi connectivity index (χ4v) is 1.86. The number of amides is 1. The van der Waals surface area contributed by atoms with Gasteiger partial charge in [0.15, 0.2) is 0 Å². The third-order valence-corrected chi connectivity index (χ3v) is 2.71. The molecule has 0 radical (unpaired) electrons. The molecule has 1 heterocycles. The first-order valence-corrected chi connectivity index (χ1v) is 5.24. The molecule has 1 amide bonds. The predicted octanol–water partition coefficient (Wildman–Crippen LogP) is 2.14. The highest BCUT2D eigenvalue weighted by molar-refractivity contribution is 6.02. The number of hydrogen-bond donors (Lipinski definition) is 1. The van der Waals surface area contributed by atoms with E-state index in [1.807, 2.05) is 0 Å². The molecule has 7 heteroatoms. The Labute approximate surface area is 106 Å². The maximum atomic E-state index is 12.9. The van der Waals surface area contributed by atoms with Gasteiger partial charge < -0.3 is 5.73 Å². The Morgan fingerprint density at radius 2 is 1.95 bits per heavy atom. The van der Waals surface area contributed by atoms with Crippen molar-refractivity contribution in [2.75, 3.05) is 4.90 Å². The molecule has 4 nitrogen and oxygen atoms in total. The Morgan fingerprint density at radius 1 is 1.32 bits per heavy atom. The van der Waals surface area contributed by atoms with Gasteiger partial charge in [0.2, 0.25) is 5.91 Å². The third-order valence-electron chi connectivity index (χ3n) is 2.71. The lowest BCUT2D eigenvalue weighted by atomic mass is 10.1. The zero-order chi connectivity index (χ0) is 14.2. The van der Waals surface area contributed by atoms with Crippen molar-refractivity contribution < 1.29 is 18.0 Å². The first kappa shape index (κ1) is 13.0. The lowest BCUT2D eigenvalue weighted by Gasteiger charge is -2.21. The molecule has 0 aromatic heterocycles. The summed E-state index contributed by atoms with van der Waals surface area (Å²) in [4.78, 5) is 12.5. The standard InChI is InChI=1S/C12H8F3N3O/c13-12(14,15)8-3-1-2-4-9(8)18-10(19)5-7(6-16)11(18)17/h1-4H,5,17H2. The first-order chi connectivity index (χ1) is 8.86. The van der Waals surface area contributed by atoms with E-state index in [2.05, 4.69) is 0 Å². The molecule has 0 saturated carbocycles. The highest BCUT2D eigenvalue weighted by Gasteiger charge is 2.38. The van der Waals surface area contributed by atoms with Crippen molar-refractivity contribution >= 4 is 11.6 Å². The smallest absolute Gasteiger partial charge is 0.384 e. The molecule has 0 aliphatic carbocycles. The maximum absolute atomic E-state index is 12.9. The number of rotatable bonds is 1. The molecule has 0 bridgehead atoms. The number of halogens is 3. The Hall–Kier alpha value is -2.49. The first-order valence-electron chi connectivity index (χ1n) is 5.24. The summed E-state index contributed by atoms with van der Waals surface area (Å²) in [5.41, 5.74) is 4.21. The van der Waals surface area contributed by atoms with Gasteiger partial charge in [-0.25, -0.2) is 0 Å². The summed E-state index contributed by atoms with van der Waals surface area (Å²) in [6.07, 6.45) is -4.89. The van der Waals surface area contributed by atoms with Gasteiger partial charge in [-0.1, -0.05) is 12.1 Å². The number of alkyl halides is 3. The van der Waals surface area contributed by atoms with Crippen LogP contribution >= 0.6 is 0 Å². The predicted molar refractivity (Wildman–Crippen MR) is 60.4 cm³/mol. The van der Waals surface area contributed by atoms with Crippen molar-refractivity contribution in [3.8, 4) is 6.07 Å². The molecule has 1 aliphatic rings. The Bertz CT molecular complexity index is 613. The minimum Gasteiger partial charge on any atom is -0.384 e. The molecule has 0 saturated heterocycles. The van der Waals surface area contributed by atoms with Gasteiger partial charge in [0, 0.05) is 0 Å². The number of carbonyl (C=O) groups is 1. The van der Waals surface area contributed by atoms with Crippen LogP contribution in [0.4, 0.5) is 18.9 Å². The van der Waals surface area contributed by atoms with Crippen molar-refractivity contribution in [2.24, 2.45) is 5.73 Å². The van der Waals surface area contributed by atoms with Crippen molar-refractivity contribution in [1.82, 2.24) is 0 Å². The van der Waals surface area contributed by atoms with Gasteiger partial charge in [0.25, 0.3) is 0 Å². The fourth-order valence-electron chi connectivity index (χ4n) is 1.86. The van der Waals surface area contributed by atoms with Crippen LogP contribution in [0.2, 0.25) is 0 Å². The molecule has 0 spiro atoms. The van der Waals surface area contributed by atoms with E-state index in [4.69, 9.17) is 11.0 Å². The van der Waals surface area contributed by atoms with E-state index in [9.17, 15) is 18.0 Å². The van der Waals surface area contributed by atoms with E-state index >= 15 is 0 Å². The van der Waals surface area contributed by atoms with Crippen molar-refractivity contribution in [1.29, 1.82) is 5.26 Å². The molecule has 19 heavy (non-hydrogen) atoms. The van der Waals surface area contributed by atoms with Gasteiger partial charge in [0.05, 0.1) is 29.3 Å². The van der Waals surface area contributed by atoms with Crippen LogP contribution in [0.1, 0.15) is 12.0 Å². The summed E-state index contributed by atoms with van der Waals surface area (Å²) in [6.45, 7) is 0. The number of anilines is 1. The molecule has 1 aromatic carbocycles. The lowest BCUT2D eigenvalue weighted by molar-refractivity contribution is -0.137. The van der Waals surface area contributed by atoms with Crippen LogP contribution in [0.3, 0.4) is 0 Å². The van der Waals surface area contributed by atoms with E-state index in [1.54, 1.807) is 6.07 Å². The van der Waals surface area contributed by atoms with Gasteiger partial charge in [-0.15, -0.1) is 0 Å². The summed E-state index contributed by atoms with van der Waals surface area (Å²) in [5, 5.41) is 8.76. The number of nitrogens with zero attached hydrogens (tertiary/aromatic N) is 2. The van der Waals surface area contributed by atoms with E-state index in [0.29, 0.717) is 0 Å². The summed E-state index contributed by atoms with van der Waals surface area (Å²) in [6, 6.07) is 6.31. The van der Waals surface area contributed by atoms with Gasteiger partial charge in [-0.05, 0) is 12.1 Å². The summed E-state index contributed by atoms with van der Waals surface area (Å²) in [5.74, 6) is -0.894. The van der Waals surface area contributed by atoms with E-state index in [1.165, 1.54) is 12.1 Å². The summed E-state index contributed by atoms with van der Waals surface area (Å²) >= 11 is 0. The zero-order valence-electron chi connectivity index (χ0n) is 9.53. The number of carbonyl (C=O) groups excluding carboxylic acids is 1. The molecule has 1 aliphatic heterocycles. The highest BCUT2D eigenvalue weighted by Crippen LogP contribution is 2.39. The second-order valence-corrected chi connectivity index (χ2v) is 3.90. The normalized spacial score (nSPS) is 15.9. The van der Waals surface area contributed by atoms with Crippen LogP contribution in [0.25, 0.3) is 0 Å². The topological polar surface area (TPSA) is 70.1 Å². The summed E-state index contributed by atoms with van der Waals surface area (Å²) < 4.78 is 38.6. The third kappa shape index (κ3) is 2.12. The average Bonchev–Trinajstić information content (AvgIpc) is 2.63. The number of hydrogen-bond acceptors (Lipinski definition) is 3. The van der Waals surface area contributed by atoms with Crippen LogP contribution in [-0.4, -0.2) is 5.91 Å². The summed E-state index contributed by atoms with van der Waals surface area (Å²) in [7, 11) is 0. The Morgan fingerprint density at radius 3 is 2.47 bits per heavy atom. The SMILES string of the molecule is N#CC1=C(N)N(c2ccccc2C(F)(F)F)C(=O)C1. The van der Waals surface area contributed by atoms with E-state index in [-0.39, 0.29) is 23.5 Å². The molecule has 1 aromatic rings. The molecule has 0 atom stereocenters. The van der Waals surface area contributed by atoms with Gasteiger partial charge >= 0.3 is 6.18 Å². The molecular weight excluding hydrogens is 259 g/mol. The number of para-hydroxylation sites is 1. The minimum atomic E-state index is -4.60. The number of nitriles is 1. The molecule has 98 valence electrons. The van der Waals surface area contributed by atoms with Gasteiger partial charge in [-0.2, -0.15) is 18.4 Å². The molecule has 2 N–H and O–H groups in total. The second kappa shape index (κ2) is 4.31. The molecular formula is C12H8F3N3O. The van der Waals surface area contributed by atoms with Gasteiger partial charge in [-0.3, -0.25) is 9.69 Å². The van der Waals surface area contributed by atoms with Crippen molar-refractivity contribution in [2.45, 2.75) is 12.6 Å². The van der Waals surface area contributed by atoms with Crippen molar-refractivity contribution in [3.63, 3.8) is 0 Å². The Balaban J connectivity index is 2.59. The highest BCUT2D eigenvalue weighted by atomic mass is 19.4. The number of nitrogens with two attached hydrogens (primary N) is 1.